The van der Waals surface area contributed by atoms with Crippen molar-refractivity contribution in [3.05, 3.63) is 52.3 Å². The topological polar surface area (TPSA) is 63.6 Å². The van der Waals surface area contributed by atoms with Crippen LogP contribution in [0.5, 0.6) is 0 Å². The number of aliphatic hydroxyl groups excluding tert-OH is 1. The molecule has 4 nitrogen and oxygen atoms in total. The number of hydrogen-bond acceptors (Lipinski definition) is 4. The molecule has 1 aromatic carbocycles. The molecular formula is C15H13ClO4. The summed E-state index contributed by atoms with van der Waals surface area (Å²) in [6.45, 7) is 1.85. The van der Waals surface area contributed by atoms with Crippen LogP contribution in [0, 0.1) is 0 Å². The van der Waals surface area contributed by atoms with Gasteiger partial charge in [-0.3, -0.25) is 4.79 Å². The highest BCUT2D eigenvalue weighted by atomic mass is 35.5. The molecule has 0 saturated carbocycles. The lowest BCUT2D eigenvalue weighted by Crippen LogP contribution is -2.17. The zero-order chi connectivity index (χ0) is 14.7. The number of ketones is 1. The Hall–Kier alpha value is -2.07. The van der Waals surface area contributed by atoms with Gasteiger partial charge in [0.05, 0.1) is 6.61 Å². The van der Waals surface area contributed by atoms with Crippen LogP contribution < -0.4 is 0 Å². The molecule has 0 heterocycles. The van der Waals surface area contributed by atoms with E-state index in [1.54, 1.807) is 31.2 Å². The van der Waals surface area contributed by atoms with Crippen LogP contribution in [0.1, 0.15) is 18.9 Å². The van der Waals surface area contributed by atoms with Gasteiger partial charge < -0.3 is 9.84 Å². The van der Waals surface area contributed by atoms with Crippen molar-refractivity contribution in [2.24, 2.45) is 0 Å². The van der Waals surface area contributed by atoms with Crippen LogP contribution in [0.15, 0.2) is 41.7 Å². The zero-order valence-electron chi connectivity index (χ0n) is 10.9. The Morgan fingerprint density at radius 2 is 2.10 bits per heavy atom. The fraction of sp³-hybridized carbons (Fsp3) is 0.200. The quantitative estimate of drug-likeness (QED) is 0.870. The van der Waals surface area contributed by atoms with Gasteiger partial charge in [-0.05, 0) is 24.1 Å². The highest BCUT2D eigenvalue weighted by molar-refractivity contribution is 6.33. The lowest BCUT2D eigenvalue weighted by molar-refractivity contribution is -0.138. The molecule has 0 aliphatic heterocycles. The van der Waals surface area contributed by atoms with E-state index in [4.69, 9.17) is 16.3 Å². The summed E-state index contributed by atoms with van der Waals surface area (Å²) in [7, 11) is 0. The van der Waals surface area contributed by atoms with E-state index in [9.17, 15) is 14.7 Å². The van der Waals surface area contributed by atoms with E-state index in [1.807, 2.05) is 0 Å². The maximum absolute atomic E-state index is 12.0. The molecule has 0 spiro atoms. The van der Waals surface area contributed by atoms with Crippen LogP contribution in [0.2, 0.25) is 5.02 Å². The molecule has 1 aliphatic carbocycles. The Morgan fingerprint density at radius 3 is 2.75 bits per heavy atom. The second kappa shape index (κ2) is 5.92. The molecule has 0 saturated heterocycles. The Kier molecular flexibility index (Phi) is 4.25. The summed E-state index contributed by atoms with van der Waals surface area (Å²) in [5, 5.41) is 10.3. The van der Waals surface area contributed by atoms with Crippen LogP contribution in [0.4, 0.5) is 0 Å². The monoisotopic (exact) mass is 292 g/mol. The van der Waals surface area contributed by atoms with Gasteiger partial charge in [0.2, 0.25) is 0 Å². The summed E-state index contributed by atoms with van der Waals surface area (Å²) >= 11 is 6.10. The van der Waals surface area contributed by atoms with Crippen molar-refractivity contribution >= 4 is 28.9 Å². The van der Waals surface area contributed by atoms with Crippen LogP contribution in [-0.4, -0.2) is 23.5 Å². The standard InChI is InChI=1S/C15H13ClO4/c1-2-20-15(19)14-11(7-9(17)8-13(14)18)10-5-3-4-6-12(10)16/h3-6,8,18H,2,7H2,1H3. The lowest BCUT2D eigenvalue weighted by atomic mass is 9.90. The first-order valence-corrected chi connectivity index (χ1v) is 6.51. The molecule has 0 fully saturated rings. The average Bonchev–Trinajstić information content (AvgIpc) is 2.38. The van der Waals surface area contributed by atoms with Crippen molar-refractivity contribution in [1.29, 1.82) is 0 Å². The number of halogens is 1. The average molecular weight is 293 g/mol. The van der Waals surface area contributed by atoms with E-state index < -0.39 is 5.97 Å². The van der Waals surface area contributed by atoms with E-state index in [-0.39, 0.29) is 30.1 Å². The summed E-state index contributed by atoms with van der Waals surface area (Å²) in [4.78, 5) is 23.6. The molecule has 1 aromatic rings. The van der Waals surface area contributed by atoms with E-state index in [0.717, 1.165) is 6.08 Å². The van der Waals surface area contributed by atoms with E-state index in [2.05, 4.69) is 0 Å². The SMILES string of the molecule is CCOC(=O)C1=C(c2ccccc2Cl)CC(=O)C=C1O. The number of carbonyl (C=O) groups is 2. The third-order valence-electron chi connectivity index (χ3n) is 2.89. The number of carbonyl (C=O) groups excluding carboxylic acids is 2. The summed E-state index contributed by atoms with van der Waals surface area (Å²) in [6, 6.07) is 6.85. The summed E-state index contributed by atoms with van der Waals surface area (Å²) in [5.41, 5.74) is 0.934. The molecule has 20 heavy (non-hydrogen) atoms. The number of ether oxygens (including phenoxy) is 1. The van der Waals surface area contributed by atoms with Gasteiger partial charge in [-0.2, -0.15) is 0 Å². The predicted molar refractivity (Wildman–Crippen MR) is 75.3 cm³/mol. The molecule has 0 bridgehead atoms. The number of hydrogen-bond donors (Lipinski definition) is 1. The molecule has 1 N–H and O–H groups in total. The van der Waals surface area contributed by atoms with Crippen LogP contribution in [0.3, 0.4) is 0 Å². The minimum Gasteiger partial charge on any atom is -0.507 e. The van der Waals surface area contributed by atoms with Crippen LogP contribution >= 0.6 is 11.6 Å². The Morgan fingerprint density at radius 1 is 1.40 bits per heavy atom. The molecule has 0 amide bonds. The second-order valence-corrected chi connectivity index (χ2v) is 4.63. The molecule has 5 heteroatoms. The van der Waals surface area contributed by atoms with E-state index in [1.165, 1.54) is 0 Å². The first kappa shape index (κ1) is 14.3. The van der Waals surface area contributed by atoms with Crippen molar-refractivity contribution < 1.29 is 19.4 Å². The smallest absolute Gasteiger partial charge is 0.342 e. The Labute approximate surface area is 121 Å². The number of allylic oxidation sites excluding steroid dienone is 2. The number of aliphatic hydroxyl groups is 1. The molecule has 0 unspecified atom stereocenters. The predicted octanol–water partition coefficient (Wildman–Crippen LogP) is 3.07. The third kappa shape index (κ3) is 2.75. The molecule has 0 radical (unpaired) electrons. The molecule has 0 aromatic heterocycles. The normalized spacial score (nSPS) is 15.1. The molecule has 104 valence electrons. The van der Waals surface area contributed by atoms with Crippen LogP contribution in [-0.2, 0) is 14.3 Å². The maximum atomic E-state index is 12.0. The second-order valence-electron chi connectivity index (χ2n) is 4.23. The van der Waals surface area contributed by atoms with Crippen molar-refractivity contribution in [2.45, 2.75) is 13.3 Å². The summed E-state index contributed by atoms with van der Waals surface area (Å²) in [5.74, 6) is -1.33. The fourth-order valence-corrected chi connectivity index (χ4v) is 2.31. The van der Waals surface area contributed by atoms with Gasteiger partial charge in [0.15, 0.2) is 5.78 Å². The van der Waals surface area contributed by atoms with Gasteiger partial charge in [0, 0.05) is 17.5 Å². The van der Waals surface area contributed by atoms with Gasteiger partial charge >= 0.3 is 5.97 Å². The van der Waals surface area contributed by atoms with Gasteiger partial charge in [-0.1, -0.05) is 29.8 Å². The molecule has 2 rings (SSSR count). The van der Waals surface area contributed by atoms with Crippen molar-refractivity contribution in [2.75, 3.05) is 6.61 Å². The fourth-order valence-electron chi connectivity index (χ4n) is 2.06. The van der Waals surface area contributed by atoms with Crippen LogP contribution in [0.25, 0.3) is 5.57 Å². The minimum atomic E-state index is -0.663. The van der Waals surface area contributed by atoms with Crippen molar-refractivity contribution in [3.63, 3.8) is 0 Å². The summed E-state index contributed by atoms with van der Waals surface area (Å²) < 4.78 is 4.93. The van der Waals surface area contributed by atoms with Crippen molar-refractivity contribution in [1.82, 2.24) is 0 Å². The Balaban J connectivity index is 2.61. The minimum absolute atomic E-state index is 0.000417. The van der Waals surface area contributed by atoms with E-state index >= 15 is 0 Å². The number of rotatable bonds is 3. The van der Waals surface area contributed by atoms with Crippen molar-refractivity contribution in [3.8, 4) is 0 Å². The molecular weight excluding hydrogens is 280 g/mol. The van der Waals surface area contributed by atoms with Gasteiger partial charge in [0.1, 0.15) is 11.3 Å². The highest BCUT2D eigenvalue weighted by Crippen LogP contribution is 2.34. The third-order valence-corrected chi connectivity index (χ3v) is 3.21. The van der Waals surface area contributed by atoms with Gasteiger partial charge in [-0.15, -0.1) is 0 Å². The highest BCUT2D eigenvalue weighted by Gasteiger charge is 2.28. The molecule has 0 atom stereocenters. The zero-order valence-corrected chi connectivity index (χ0v) is 11.6. The van der Waals surface area contributed by atoms with E-state index in [0.29, 0.717) is 16.2 Å². The summed E-state index contributed by atoms with van der Waals surface area (Å²) in [6.07, 6.45) is 1.04. The number of benzene rings is 1. The number of esters is 1. The van der Waals surface area contributed by atoms with Gasteiger partial charge in [0.25, 0.3) is 0 Å². The molecule has 1 aliphatic rings. The Bertz CT molecular complexity index is 629. The first-order valence-electron chi connectivity index (χ1n) is 6.13. The van der Waals surface area contributed by atoms with Gasteiger partial charge in [-0.25, -0.2) is 4.79 Å². The largest absolute Gasteiger partial charge is 0.507 e. The lowest BCUT2D eigenvalue weighted by Gasteiger charge is -2.18. The maximum Gasteiger partial charge on any atom is 0.342 e. The first-order chi connectivity index (χ1) is 9.54.